The maximum atomic E-state index is 9.31. The molecule has 13 heavy (non-hydrogen) atoms. The van der Waals surface area contributed by atoms with Gasteiger partial charge in [0.25, 0.3) is 0 Å². The first kappa shape index (κ1) is 10.7. The van der Waals surface area contributed by atoms with Gasteiger partial charge in [0.1, 0.15) is 0 Å². The highest BCUT2D eigenvalue weighted by molar-refractivity contribution is 7.10. The molecule has 0 spiro atoms. The number of nitrogens with one attached hydrogen (secondary N) is 1. The number of hydrogen-bond donors (Lipinski definition) is 2. The van der Waals surface area contributed by atoms with Crippen molar-refractivity contribution in [2.24, 2.45) is 0 Å². The van der Waals surface area contributed by atoms with E-state index < -0.39 is 0 Å². The molecule has 1 aromatic heterocycles. The van der Waals surface area contributed by atoms with Gasteiger partial charge in [0.2, 0.25) is 0 Å². The molecule has 0 radical (unpaired) electrons. The molecular formula is C10H17NOS. The highest BCUT2D eigenvalue weighted by atomic mass is 32.1. The Kier molecular flexibility index (Phi) is 3.90. The summed E-state index contributed by atoms with van der Waals surface area (Å²) in [6.45, 7) is 5.91. The standard InChI is InChI=1S/C10H17NOS/c1-7(9(3)12)11-8(2)10-5-4-6-13-10/h4-9,11-12H,1-3H3/t7?,8-,9?/m0/s1. The van der Waals surface area contributed by atoms with E-state index in [2.05, 4.69) is 23.7 Å². The maximum Gasteiger partial charge on any atom is 0.0662 e. The Bertz CT molecular complexity index is 233. The van der Waals surface area contributed by atoms with Crippen LogP contribution in [0, 0.1) is 0 Å². The van der Waals surface area contributed by atoms with Crippen LogP contribution in [-0.4, -0.2) is 17.3 Å². The van der Waals surface area contributed by atoms with Gasteiger partial charge in [0.05, 0.1) is 6.10 Å². The Morgan fingerprint density at radius 3 is 2.54 bits per heavy atom. The van der Waals surface area contributed by atoms with E-state index >= 15 is 0 Å². The highest BCUT2D eigenvalue weighted by Gasteiger charge is 2.13. The van der Waals surface area contributed by atoms with Gasteiger partial charge in [0, 0.05) is 17.0 Å². The third-order valence-corrected chi connectivity index (χ3v) is 3.26. The predicted octanol–water partition coefficient (Wildman–Crippen LogP) is 2.17. The Balaban J connectivity index is 2.46. The van der Waals surface area contributed by atoms with Gasteiger partial charge in [-0.15, -0.1) is 11.3 Å². The van der Waals surface area contributed by atoms with Crippen molar-refractivity contribution in [3.05, 3.63) is 22.4 Å². The molecule has 0 aliphatic carbocycles. The van der Waals surface area contributed by atoms with E-state index in [4.69, 9.17) is 0 Å². The Labute approximate surface area is 83.6 Å². The van der Waals surface area contributed by atoms with Crippen molar-refractivity contribution >= 4 is 11.3 Å². The van der Waals surface area contributed by atoms with Crippen molar-refractivity contribution in [1.29, 1.82) is 0 Å². The highest BCUT2D eigenvalue weighted by Crippen LogP contribution is 2.18. The fourth-order valence-electron chi connectivity index (χ4n) is 1.15. The van der Waals surface area contributed by atoms with E-state index in [1.54, 1.807) is 18.3 Å². The summed E-state index contributed by atoms with van der Waals surface area (Å²) in [5.74, 6) is 0. The number of thiophene rings is 1. The van der Waals surface area contributed by atoms with E-state index in [1.165, 1.54) is 4.88 Å². The van der Waals surface area contributed by atoms with Crippen molar-refractivity contribution in [2.75, 3.05) is 0 Å². The minimum atomic E-state index is -0.303. The molecule has 0 aromatic carbocycles. The normalized spacial score (nSPS) is 18.2. The summed E-state index contributed by atoms with van der Waals surface area (Å²) < 4.78 is 0. The molecular weight excluding hydrogens is 182 g/mol. The van der Waals surface area contributed by atoms with Crippen molar-refractivity contribution in [3.63, 3.8) is 0 Å². The Hall–Kier alpha value is -0.380. The quantitative estimate of drug-likeness (QED) is 0.779. The van der Waals surface area contributed by atoms with E-state index in [0.29, 0.717) is 6.04 Å². The minimum Gasteiger partial charge on any atom is -0.392 e. The molecule has 0 amide bonds. The average Bonchev–Trinajstić information content (AvgIpc) is 2.55. The fourth-order valence-corrected chi connectivity index (χ4v) is 1.90. The third-order valence-electron chi connectivity index (χ3n) is 2.21. The molecule has 2 N–H and O–H groups in total. The first-order chi connectivity index (χ1) is 6.11. The first-order valence-corrected chi connectivity index (χ1v) is 5.46. The number of aliphatic hydroxyl groups excluding tert-OH is 1. The van der Waals surface area contributed by atoms with Gasteiger partial charge in [0.15, 0.2) is 0 Å². The van der Waals surface area contributed by atoms with Crippen LogP contribution in [0.25, 0.3) is 0 Å². The average molecular weight is 199 g/mol. The van der Waals surface area contributed by atoms with Crippen LogP contribution >= 0.6 is 11.3 Å². The zero-order valence-corrected chi connectivity index (χ0v) is 9.14. The molecule has 0 fully saturated rings. The van der Waals surface area contributed by atoms with Crippen LogP contribution in [-0.2, 0) is 0 Å². The lowest BCUT2D eigenvalue weighted by molar-refractivity contribution is 0.147. The lowest BCUT2D eigenvalue weighted by atomic mass is 10.1. The van der Waals surface area contributed by atoms with Crippen LogP contribution < -0.4 is 5.32 Å². The van der Waals surface area contributed by atoms with E-state index in [-0.39, 0.29) is 12.1 Å². The van der Waals surface area contributed by atoms with Crippen molar-refractivity contribution in [1.82, 2.24) is 5.32 Å². The van der Waals surface area contributed by atoms with Crippen molar-refractivity contribution in [3.8, 4) is 0 Å². The zero-order chi connectivity index (χ0) is 9.84. The molecule has 3 atom stereocenters. The van der Waals surface area contributed by atoms with Crippen LogP contribution in [0.2, 0.25) is 0 Å². The molecule has 0 aliphatic rings. The molecule has 0 aliphatic heterocycles. The van der Waals surface area contributed by atoms with Crippen molar-refractivity contribution < 1.29 is 5.11 Å². The molecule has 0 saturated carbocycles. The Morgan fingerprint density at radius 1 is 1.38 bits per heavy atom. The number of aliphatic hydroxyl groups is 1. The second kappa shape index (κ2) is 4.74. The molecule has 1 heterocycles. The second-order valence-electron chi connectivity index (χ2n) is 3.43. The lowest BCUT2D eigenvalue weighted by Crippen LogP contribution is -2.36. The van der Waals surface area contributed by atoms with Crippen LogP contribution in [0.4, 0.5) is 0 Å². The molecule has 3 heteroatoms. The summed E-state index contributed by atoms with van der Waals surface area (Å²) in [5, 5.41) is 14.7. The van der Waals surface area contributed by atoms with Gasteiger partial charge >= 0.3 is 0 Å². The van der Waals surface area contributed by atoms with Crippen molar-refractivity contribution in [2.45, 2.75) is 39.0 Å². The van der Waals surface area contributed by atoms with Gasteiger partial charge in [-0.3, -0.25) is 0 Å². The van der Waals surface area contributed by atoms with Gasteiger partial charge in [-0.25, -0.2) is 0 Å². The third kappa shape index (κ3) is 3.10. The largest absolute Gasteiger partial charge is 0.392 e. The number of hydrogen-bond acceptors (Lipinski definition) is 3. The van der Waals surface area contributed by atoms with Crippen LogP contribution in [0.1, 0.15) is 31.7 Å². The topological polar surface area (TPSA) is 32.3 Å². The van der Waals surface area contributed by atoms with Gasteiger partial charge in [-0.2, -0.15) is 0 Å². The van der Waals surface area contributed by atoms with E-state index in [1.807, 2.05) is 13.0 Å². The zero-order valence-electron chi connectivity index (χ0n) is 8.32. The summed E-state index contributed by atoms with van der Waals surface area (Å²) >= 11 is 1.74. The Morgan fingerprint density at radius 2 is 2.08 bits per heavy atom. The van der Waals surface area contributed by atoms with Crippen LogP contribution in [0.3, 0.4) is 0 Å². The lowest BCUT2D eigenvalue weighted by Gasteiger charge is -2.21. The predicted molar refractivity (Wildman–Crippen MR) is 57.0 cm³/mol. The molecule has 2 nitrogen and oxygen atoms in total. The van der Waals surface area contributed by atoms with Gasteiger partial charge < -0.3 is 10.4 Å². The van der Waals surface area contributed by atoms with Crippen LogP contribution in [0.15, 0.2) is 17.5 Å². The summed E-state index contributed by atoms with van der Waals surface area (Å²) in [4.78, 5) is 1.31. The molecule has 0 saturated heterocycles. The van der Waals surface area contributed by atoms with Crippen LogP contribution in [0.5, 0.6) is 0 Å². The molecule has 1 aromatic rings. The first-order valence-electron chi connectivity index (χ1n) is 4.58. The molecule has 74 valence electrons. The van der Waals surface area contributed by atoms with E-state index in [0.717, 1.165) is 0 Å². The van der Waals surface area contributed by atoms with E-state index in [9.17, 15) is 5.11 Å². The second-order valence-corrected chi connectivity index (χ2v) is 4.41. The maximum absolute atomic E-state index is 9.31. The number of rotatable bonds is 4. The minimum absolute atomic E-state index is 0.136. The van der Waals surface area contributed by atoms with Gasteiger partial charge in [-0.05, 0) is 32.2 Å². The fraction of sp³-hybridized carbons (Fsp3) is 0.600. The summed E-state index contributed by atoms with van der Waals surface area (Å²) in [7, 11) is 0. The van der Waals surface area contributed by atoms with Gasteiger partial charge in [-0.1, -0.05) is 6.07 Å². The molecule has 1 rings (SSSR count). The molecule has 0 bridgehead atoms. The molecule has 2 unspecified atom stereocenters. The summed E-state index contributed by atoms with van der Waals surface area (Å²) in [5.41, 5.74) is 0. The SMILES string of the molecule is CC(O)C(C)N[C@@H](C)c1cccs1. The summed E-state index contributed by atoms with van der Waals surface area (Å²) in [6, 6.07) is 4.61. The summed E-state index contributed by atoms with van der Waals surface area (Å²) in [6.07, 6.45) is -0.303. The smallest absolute Gasteiger partial charge is 0.0662 e. The monoisotopic (exact) mass is 199 g/mol.